The van der Waals surface area contributed by atoms with E-state index >= 15 is 0 Å². The average Bonchev–Trinajstić information content (AvgIpc) is 2.58. The van der Waals surface area contributed by atoms with Gasteiger partial charge in [0.05, 0.1) is 0 Å². The van der Waals surface area contributed by atoms with Crippen LogP contribution in [0.15, 0.2) is 54.6 Å². The molecule has 0 aromatic heterocycles. The van der Waals surface area contributed by atoms with Crippen LogP contribution in [0.1, 0.15) is 5.56 Å². The summed E-state index contributed by atoms with van der Waals surface area (Å²) in [5, 5.41) is 4.02. The molecule has 1 aliphatic rings. The maximum absolute atomic E-state index is 13.7. The van der Waals surface area contributed by atoms with Gasteiger partial charge in [-0.2, -0.15) is 0 Å². The molecule has 0 saturated carbocycles. The SMILES string of the molecule is Fc1ccccc1CN1CCN(C(=S)Nc2ccccc2)CC1. The molecule has 5 heteroatoms. The van der Waals surface area contributed by atoms with E-state index in [1.54, 1.807) is 6.07 Å². The molecule has 0 spiro atoms. The molecule has 0 bridgehead atoms. The minimum atomic E-state index is -0.129. The van der Waals surface area contributed by atoms with Crippen LogP contribution >= 0.6 is 12.2 Å². The monoisotopic (exact) mass is 329 g/mol. The van der Waals surface area contributed by atoms with E-state index in [1.807, 2.05) is 42.5 Å². The molecule has 0 aliphatic carbocycles. The Morgan fingerprint density at radius 3 is 2.30 bits per heavy atom. The van der Waals surface area contributed by atoms with Gasteiger partial charge >= 0.3 is 0 Å². The van der Waals surface area contributed by atoms with E-state index in [0.29, 0.717) is 6.54 Å². The Balaban J connectivity index is 1.50. The van der Waals surface area contributed by atoms with Crippen molar-refractivity contribution in [2.24, 2.45) is 0 Å². The zero-order valence-corrected chi connectivity index (χ0v) is 13.7. The molecule has 0 atom stereocenters. The first-order valence-electron chi connectivity index (χ1n) is 7.79. The highest BCUT2D eigenvalue weighted by atomic mass is 32.1. The third-order valence-corrected chi connectivity index (χ3v) is 4.40. The number of benzene rings is 2. The highest BCUT2D eigenvalue weighted by molar-refractivity contribution is 7.80. The number of piperazine rings is 1. The molecule has 1 heterocycles. The number of rotatable bonds is 3. The fraction of sp³-hybridized carbons (Fsp3) is 0.278. The topological polar surface area (TPSA) is 18.5 Å². The lowest BCUT2D eigenvalue weighted by molar-refractivity contribution is 0.175. The first kappa shape index (κ1) is 15.9. The Morgan fingerprint density at radius 1 is 0.957 bits per heavy atom. The average molecular weight is 329 g/mol. The predicted octanol–water partition coefficient (Wildman–Crippen LogP) is 3.34. The first-order chi connectivity index (χ1) is 11.2. The van der Waals surface area contributed by atoms with E-state index in [9.17, 15) is 4.39 Å². The van der Waals surface area contributed by atoms with Gasteiger partial charge in [-0.15, -0.1) is 0 Å². The number of hydrogen-bond donors (Lipinski definition) is 1. The Labute approximate surface area is 141 Å². The van der Waals surface area contributed by atoms with Crippen molar-refractivity contribution in [1.29, 1.82) is 0 Å². The minimum absolute atomic E-state index is 0.129. The van der Waals surface area contributed by atoms with Gasteiger partial charge < -0.3 is 10.2 Å². The molecule has 2 aromatic rings. The Kier molecular flexibility index (Phi) is 5.20. The van der Waals surface area contributed by atoms with Crippen molar-refractivity contribution in [3.63, 3.8) is 0 Å². The molecular formula is C18H20FN3S. The van der Waals surface area contributed by atoms with E-state index in [2.05, 4.69) is 15.1 Å². The number of hydrogen-bond acceptors (Lipinski definition) is 2. The largest absolute Gasteiger partial charge is 0.346 e. The van der Waals surface area contributed by atoms with Crippen LogP contribution in [0.5, 0.6) is 0 Å². The third kappa shape index (κ3) is 4.27. The standard InChI is InChI=1S/C18H20FN3S/c19-17-9-5-4-6-15(17)14-21-10-12-22(13-11-21)18(23)20-16-7-2-1-3-8-16/h1-9H,10-14H2,(H,20,23). The zero-order chi connectivity index (χ0) is 16.1. The minimum Gasteiger partial charge on any atom is -0.346 e. The second kappa shape index (κ2) is 7.53. The van der Waals surface area contributed by atoms with Crippen LogP contribution in [0.4, 0.5) is 10.1 Å². The highest BCUT2D eigenvalue weighted by Crippen LogP contribution is 2.13. The van der Waals surface area contributed by atoms with Crippen molar-refractivity contribution in [2.45, 2.75) is 6.54 Å². The van der Waals surface area contributed by atoms with Gasteiger partial charge in [-0.25, -0.2) is 4.39 Å². The van der Waals surface area contributed by atoms with E-state index in [1.165, 1.54) is 6.07 Å². The summed E-state index contributed by atoms with van der Waals surface area (Å²) in [7, 11) is 0. The normalized spacial score (nSPS) is 15.4. The van der Waals surface area contributed by atoms with Gasteiger partial charge in [0.15, 0.2) is 5.11 Å². The van der Waals surface area contributed by atoms with Crippen molar-refractivity contribution >= 4 is 23.0 Å². The van der Waals surface area contributed by atoms with Crippen molar-refractivity contribution in [2.75, 3.05) is 31.5 Å². The Bertz CT molecular complexity index is 654. The lowest BCUT2D eigenvalue weighted by Crippen LogP contribution is -2.49. The van der Waals surface area contributed by atoms with E-state index in [0.717, 1.165) is 42.5 Å². The van der Waals surface area contributed by atoms with Gasteiger partial charge in [0.2, 0.25) is 0 Å². The summed E-state index contributed by atoms with van der Waals surface area (Å²) < 4.78 is 13.7. The zero-order valence-electron chi connectivity index (χ0n) is 12.9. The maximum atomic E-state index is 13.7. The highest BCUT2D eigenvalue weighted by Gasteiger charge is 2.19. The van der Waals surface area contributed by atoms with Crippen LogP contribution in [0.25, 0.3) is 0 Å². The second-order valence-corrected chi connectivity index (χ2v) is 6.04. The van der Waals surface area contributed by atoms with Gasteiger partial charge in [0.1, 0.15) is 5.82 Å². The summed E-state index contributed by atoms with van der Waals surface area (Å²) in [4.78, 5) is 4.43. The van der Waals surface area contributed by atoms with E-state index in [4.69, 9.17) is 12.2 Å². The van der Waals surface area contributed by atoms with Gasteiger partial charge in [0.25, 0.3) is 0 Å². The molecule has 23 heavy (non-hydrogen) atoms. The molecule has 2 aromatic carbocycles. The summed E-state index contributed by atoms with van der Waals surface area (Å²) in [6, 6.07) is 16.9. The molecular weight excluding hydrogens is 309 g/mol. The number of nitrogens with one attached hydrogen (secondary N) is 1. The van der Waals surface area contributed by atoms with Crippen LogP contribution in [0.2, 0.25) is 0 Å². The van der Waals surface area contributed by atoms with Gasteiger partial charge in [-0.05, 0) is 30.4 Å². The van der Waals surface area contributed by atoms with Crippen molar-refractivity contribution in [3.05, 3.63) is 66.0 Å². The summed E-state index contributed by atoms with van der Waals surface area (Å²) in [6.07, 6.45) is 0. The van der Waals surface area contributed by atoms with Crippen LogP contribution < -0.4 is 5.32 Å². The van der Waals surface area contributed by atoms with Gasteiger partial charge in [-0.1, -0.05) is 36.4 Å². The molecule has 3 nitrogen and oxygen atoms in total. The molecule has 1 aliphatic heterocycles. The van der Waals surface area contributed by atoms with Crippen LogP contribution in [-0.2, 0) is 6.54 Å². The summed E-state index contributed by atoms with van der Waals surface area (Å²) in [6.45, 7) is 4.12. The van der Waals surface area contributed by atoms with Crippen LogP contribution in [-0.4, -0.2) is 41.1 Å². The lowest BCUT2D eigenvalue weighted by atomic mass is 10.2. The van der Waals surface area contributed by atoms with Gasteiger partial charge in [-0.3, -0.25) is 4.90 Å². The quantitative estimate of drug-likeness (QED) is 0.870. The van der Waals surface area contributed by atoms with E-state index in [-0.39, 0.29) is 5.82 Å². The number of thiocarbonyl (C=S) groups is 1. The summed E-state index contributed by atoms with van der Waals surface area (Å²) >= 11 is 5.48. The Hall–Kier alpha value is -1.98. The first-order valence-corrected chi connectivity index (χ1v) is 8.20. The molecule has 1 N–H and O–H groups in total. The van der Waals surface area contributed by atoms with Crippen LogP contribution in [0.3, 0.4) is 0 Å². The summed E-state index contributed by atoms with van der Waals surface area (Å²) in [5.41, 5.74) is 1.76. The smallest absolute Gasteiger partial charge is 0.173 e. The van der Waals surface area contributed by atoms with Crippen LogP contribution in [0, 0.1) is 5.82 Å². The number of para-hydroxylation sites is 1. The molecule has 0 amide bonds. The Morgan fingerprint density at radius 2 is 1.61 bits per heavy atom. The third-order valence-electron chi connectivity index (χ3n) is 4.04. The van der Waals surface area contributed by atoms with Gasteiger partial charge in [0, 0.05) is 44.0 Å². The fourth-order valence-corrected chi connectivity index (χ4v) is 3.00. The summed E-state index contributed by atoms with van der Waals surface area (Å²) in [5.74, 6) is -0.129. The second-order valence-electron chi connectivity index (χ2n) is 5.65. The number of anilines is 1. The predicted molar refractivity (Wildman–Crippen MR) is 95.9 cm³/mol. The molecule has 1 saturated heterocycles. The lowest BCUT2D eigenvalue weighted by Gasteiger charge is -2.36. The number of halogens is 1. The fourth-order valence-electron chi connectivity index (χ4n) is 2.70. The molecule has 0 radical (unpaired) electrons. The number of nitrogens with zero attached hydrogens (tertiary/aromatic N) is 2. The van der Waals surface area contributed by atoms with Crippen molar-refractivity contribution < 1.29 is 4.39 Å². The van der Waals surface area contributed by atoms with Crippen molar-refractivity contribution in [3.8, 4) is 0 Å². The molecule has 3 rings (SSSR count). The van der Waals surface area contributed by atoms with E-state index < -0.39 is 0 Å². The maximum Gasteiger partial charge on any atom is 0.173 e. The molecule has 1 fully saturated rings. The molecule has 120 valence electrons. The molecule has 0 unspecified atom stereocenters. The van der Waals surface area contributed by atoms with Crippen molar-refractivity contribution in [1.82, 2.24) is 9.80 Å².